The summed E-state index contributed by atoms with van der Waals surface area (Å²) in [6.07, 6.45) is 0.0329. The Hall–Kier alpha value is -2.67. The first kappa shape index (κ1) is 18.1. The molecule has 0 aromatic heterocycles. The number of rotatable bonds is 5. The van der Waals surface area contributed by atoms with Crippen LogP contribution in [0, 0.1) is 5.82 Å². The van der Waals surface area contributed by atoms with Gasteiger partial charge < -0.3 is 5.32 Å². The van der Waals surface area contributed by atoms with Gasteiger partial charge in [0.05, 0.1) is 0 Å². The summed E-state index contributed by atoms with van der Waals surface area (Å²) < 4.78 is 13.8. The lowest BCUT2D eigenvalue weighted by Crippen LogP contribution is -2.33. The molecule has 0 saturated carbocycles. The number of hydrogen-bond acceptors (Lipinski definition) is 4. The summed E-state index contributed by atoms with van der Waals surface area (Å²) in [6.45, 7) is 2.23. The number of nitrogens with zero attached hydrogens (tertiary/aromatic N) is 2. The van der Waals surface area contributed by atoms with Crippen LogP contribution in [0.4, 0.5) is 15.8 Å². The lowest BCUT2D eigenvalue weighted by Gasteiger charge is -2.13. The molecule has 1 N–H and O–H groups in total. The van der Waals surface area contributed by atoms with E-state index in [4.69, 9.17) is 0 Å². The average molecular weight is 371 g/mol. The summed E-state index contributed by atoms with van der Waals surface area (Å²) in [5.74, 6) is -0.879. The van der Waals surface area contributed by atoms with Crippen LogP contribution in [-0.2, 0) is 9.59 Å². The second kappa shape index (κ2) is 8.14. The van der Waals surface area contributed by atoms with Gasteiger partial charge in [-0.05, 0) is 31.2 Å². The van der Waals surface area contributed by atoms with Crippen molar-refractivity contribution in [3.8, 4) is 0 Å². The number of amidine groups is 1. The van der Waals surface area contributed by atoms with Crippen molar-refractivity contribution in [3.05, 3.63) is 60.4 Å². The maximum Gasteiger partial charge on any atom is 0.242 e. The first-order valence-corrected chi connectivity index (χ1v) is 9.12. The molecule has 1 saturated heterocycles. The lowest BCUT2D eigenvalue weighted by molar-refractivity contribution is -0.128. The van der Waals surface area contributed by atoms with Crippen molar-refractivity contribution in [2.75, 3.05) is 11.9 Å². The van der Waals surface area contributed by atoms with Gasteiger partial charge in [0.1, 0.15) is 16.8 Å². The van der Waals surface area contributed by atoms with Gasteiger partial charge in [-0.15, -0.1) is 0 Å². The maximum atomic E-state index is 13.8. The van der Waals surface area contributed by atoms with Gasteiger partial charge in [0.2, 0.25) is 11.8 Å². The molecule has 1 unspecified atom stereocenters. The summed E-state index contributed by atoms with van der Waals surface area (Å²) in [5, 5.41) is 2.62. The van der Waals surface area contributed by atoms with E-state index in [1.807, 2.05) is 25.1 Å². The standard InChI is InChI=1S/C19H18FN3O2S/c1-2-23-18(25)16(12-17(24)21-13-8-4-3-5-9-13)26-19(23)22-15-11-7-6-10-14(15)20/h3-11,16H,2,12H2,1H3,(H,21,24). The van der Waals surface area contributed by atoms with E-state index in [1.165, 1.54) is 22.7 Å². The van der Waals surface area contributed by atoms with Gasteiger partial charge in [-0.3, -0.25) is 14.5 Å². The van der Waals surface area contributed by atoms with Crippen molar-refractivity contribution in [2.45, 2.75) is 18.6 Å². The van der Waals surface area contributed by atoms with Gasteiger partial charge in [-0.2, -0.15) is 0 Å². The number of thioether (sulfide) groups is 1. The highest BCUT2D eigenvalue weighted by atomic mass is 32.2. The predicted molar refractivity (Wildman–Crippen MR) is 102 cm³/mol. The summed E-state index contributed by atoms with van der Waals surface area (Å²) in [6, 6.07) is 15.2. The minimum absolute atomic E-state index is 0.0329. The van der Waals surface area contributed by atoms with E-state index in [-0.39, 0.29) is 23.9 Å². The van der Waals surface area contributed by atoms with Crippen LogP contribution >= 0.6 is 11.8 Å². The van der Waals surface area contributed by atoms with Crippen molar-refractivity contribution in [1.29, 1.82) is 0 Å². The molecular formula is C19H18FN3O2S. The van der Waals surface area contributed by atoms with Crippen LogP contribution in [0.2, 0.25) is 0 Å². The largest absolute Gasteiger partial charge is 0.326 e. The molecule has 134 valence electrons. The van der Waals surface area contributed by atoms with E-state index in [1.54, 1.807) is 30.3 Å². The number of carbonyl (C=O) groups excluding carboxylic acids is 2. The van der Waals surface area contributed by atoms with Crippen LogP contribution in [0.3, 0.4) is 0 Å². The number of amides is 2. The van der Waals surface area contributed by atoms with E-state index in [0.29, 0.717) is 17.4 Å². The molecule has 5 nitrogen and oxygen atoms in total. The number of para-hydroxylation sites is 2. The van der Waals surface area contributed by atoms with E-state index in [0.717, 1.165) is 0 Å². The first-order valence-electron chi connectivity index (χ1n) is 8.24. The molecule has 2 amide bonds. The smallest absolute Gasteiger partial charge is 0.242 e. The van der Waals surface area contributed by atoms with E-state index < -0.39 is 11.1 Å². The molecule has 26 heavy (non-hydrogen) atoms. The van der Waals surface area contributed by atoms with Crippen LogP contribution in [0.15, 0.2) is 59.6 Å². The average Bonchev–Trinajstić information content (AvgIpc) is 2.92. The van der Waals surface area contributed by atoms with E-state index in [2.05, 4.69) is 10.3 Å². The Bertz CT molecular complexity index is 842. The van der Waals surface area contributed by atoms with Crippen LogP contribution in [0.25, 0.3) is 0 Å². The molecule has 2 aromatic carbocycles. The molecule has 0 radical (unpaired) electrons. The minimum atomic E-state index is -0.566. The molecule has 1 atom stereocenters. The summed E-state index contributed by atoms with van der Waals surface area (Å²) in [4.78, 5) is 30.6. The highest BCUT2D eigenvalue weighted by Crippen LogP contribution is 2.32. The van der Waals surface area contributed by atoms with Crippen LogP contribution < -0.4 is 5.32 Å². The fraction of sp³-hybridized carbons (Fsp3) is 0.211. The van der Waals surface area contributed by atoms with E-state index >= 15 is 0 Å². The monoisotopic (exact) mass is 371 g/mol. The zero-order valence-corrected chi connectivity index (χ0v) is 15.0. The zero-order valence-electron chi connectivity index (χ0n) is 14.2. The normalized spacial score (nSPS) is 18.4. The van der Waals surface area contributed by atoms with Crippen molar-refractivity contribution >= 4 is 40.1 Å². The molecule has 2 aromatic rings. The van der Waals surface area contributed by atoms with Crippen molar-refractivity contribution in [2.24, 2.45) is 4.99 Å². The van der Waals surface area contributed by atoms with Gasteiger partial charge in [0, 0.05) is 18.7 Å². The molecule has 3 rings (SSSR count). The van der Waals surface area contributed by atoms with Gasteiger partial charge in [-0.1, -0.05) is 42.1 Å². The maximum absolute atomic E-state index is 13.8. The molecule has 0 bridgehead atoms. The fourth-order valence-corrected chi connectivity index (χ4v) is 3.78. The van der Waals surface area contributed by atoms with Gasteiger partial charge in [0.25, 0.3) is 0 Å². The SMILES string of the molecule is CCN1C(=O)C(CC(=O)Nc2ccccc2)SC1=Nc1ccccc1F. The highest BCUT2D eigenvalue weighted by molar-refractivity contribution is 8.15. The first-order chi connectivity index (χ1) is 12.6. The highest BCUT2D eigenvalue weighted by Gasteiger charge is 2.38. The lowest BCUT2D eigenvalue weighted by atomic mass is 10.2. The Labute approximate surface area is 155 Å². The molecule has 0 spiro atoms. The Morgan fingerprint density at radius 2 is 1.88 bits per heavy atom. The second-order valence-electron chi connectivity index (χ2n) is 5.65. The topological polar surface area (TPSA) is 61.8 Å². The number of carbonyl (C=O) groups is 2. The Morgan fingerprint density at radius 1 is 1.19 bits per heavy atom. The number of aliphatic imine (C=N–C) groups is 1. The second-order valence-corrected chi connectivity index (χ2v) is 6.82. The van der Waals surface area contributed by atoms with Gasteiger partial charge in [0.15, 0.2) is 5.17 Å². The van der Waals surface area contributed by atoms with Gasteiger partial charge in [-0.25, -0.2) is 9.38 Å². The zero-order chi connectivity index (χ0) is 18.5. The molecule has 1 aliphatic heterocycles. The van der Waals surface area contributed by atoms with Crippen molar-refractivity contribution in [3.63, 3.8) is 0 Å². The Kier molecular flexibility index (Phi) is 5.68. The third kappa shape index (κ3) is 4.11. The number of anilines is 1. The van der Waals surface area contributed by atoms with Crippen molar-refractivity contribution < 1.29 is 14.0 Å². The Morgan fingerprint density at radius 3 is 2.58 bits per heavy atom. The molecule has 1 fully saturated rings. The molecule has 1 aliphatic rings. The molecule has 1 heterocycles. The summed E-state index contributed by atoms with van der Waals surface area (Å²) in [7, 11) is 0. The fourth-order valence-electron chi connectivity index (χ4n) is 2.56. The van der Waals surface area contributed by atoms with Crippen LogP contribution in [0.1, 0.15) is 13.3 Å². The van der Waals surface area contributed by atoms with Crippen LogP contribution in [-0.4, -0.2) is 33.7 Å². The minimum Gasteiger partial charge on any atom is -0.326 e. The predicted octanol–water partition coefficient (Wildman–Crippen LogP) is 3.81. The number of nitrogens with one attached hydrogen (secondary N) is 1. The molecular weight excluding hydrogens is 353 g/mol. The quantitative estimate of drug-likeness (QED) is 0.869. The Balaban J connectivity index is 1.73. The summed E-state index contributed by atoms with van der Waals surface area (Å²) >= 11 is 1.19. The third-order valence-corrected chi connectivity index (χ3v) is 5.01. The molecule has 0 aliphatic carbocycles. The van der Waals surface area contributed by atoms with Gasteiger partial charge >= 0.3 is 0 Å². The number of halogens is 1. The van der Waals surface area contributed by atoms with E-state index in [9.17, 15) is 14.0 Å². The third-order valence-electron chi connectivity index (χ3n) is 3.83. The summed E-state index contributed by atoms with van der Waals surface area (Å²) in [5.41, 5.74) is 0.858. The number of hydrogen-bond donors (Lipinski definition) is 1. The van der Waals surface area contributed by atoms with Crippen LogP contribution in [0.5, 0.6) is 0 Å². The number of benzene rings is 2. The molecule has 7 heteroatoms. The van der Waals surface area contributed by atoms with Crippen molar-refractivity contribution in [1.82, 2.24) is 4.90 Å².